The van der Waals surface area contributed by atoms with Crippen LogP contribution in [0.1, 0.15) is 16.7 Å². The Morgan fingerprint density at radius 2 is 1.60 bits per heavy atom. The largest absolute Gasteiger partial charge is 2.00 e. The molecule has 0 atom stereocenters. The number of imidazole rings is 2. The van der Waals surface area contributed by atoms with E-state index in [0.29, 0.717) is 18.2 Å². The van der Waals surface area contributed by atoms with E-state index in [2.05, 4.69) is 33.6 Å². The topological polar surface area (TPSA) is 54.1 Å². The summed E-state index contributed by atoms with van der Waals surface area (Å²) in [4.78, 5) is 8.97. The molecular weight excluding hydrogens is 559 g/mol. The van der Waals surface area contributed by atoms with Crippen molar-refractivity contribution in [1.29, 1.82) is 0 Å². The van der Waals surface area contributed by atoms with Crippen LogP contribution in [0.15, 0.2) is 36.9 Å². The summed E-state index contributed by atoms with van der Waals surface area (Å²) in [5.41, 5.74) is 5.31. The molecule has 2 aliphatic heterocycles. The third kappa shape index (κ3) is 2.90. The minimum Gasteiger partial charge on any atom is -0.519 e. The van der Waals surface area contributed by atoms with Gasteiger partial charge in [0.2, 0.25) is 0 Å². The standard InChI is InChI=1S/C23H18N4O2.Pt/c1-14-9-16(11-19-18(14)3-6-26-7-4-24-22(19)26)29-17-10-15(2)21-20(12-17)23-25-5-8-27(23)13-28-21;/h4-5,7-10H,3,6,13H2,1-2H3;/q-2;+2. The molecule has 0 saturated carbocycles. The van der Waals surface area contributed by atoms with Crippen LogP contribution < -0.4 is 9.47 Å². The van der Waals surface area contributed by atoms with Gasteiger partial charge in [-0.05, 0) is 6.42 Å². The molecule has 152 valence electrons. The first-order valence-electron chi connectivity index (χ1n) is 9.64. The van der Waals surface area contributed by atoms with Crippen LogP contribution in [0, 0.1) is 26.0 Å². The predicted molar refractivity (Wildman–Crippen MR) is 107 cm³/mol. The van der Waals surface area contributed by atoms with E-state index in [1.54, 1.807) is 6.20 Å². The Hall–Kier alpha value is -2.85. The number of fused-ring (bicyclic) bond motifs is 6. The molecule has 4 heterocycles. The Morgan fingerprint density at radius 1 is 0.933 bits per heavy atom. The Morgan fingerprint density at radius 3 is 2.40 bits per heavy atom. The summed E-state index contributed by atoms with van der Waals surface area (Å²) in [5.74, 6) is 3.88. The van der Waals surface area contributed by atoms with E-state index in [-0.39, 0.29) is 21.1 Å². The molecule has 2 aromatic heterocycles. The summed E-state index contributed by atoms with van der Waals surface area (Å²) < 4.78 is 16.2. The van der Waals surface area contributed by atoms with Gasteiger partial charge < -0.3 is 18.6 Å². The first kappa shape index (κ1) is 19.1. The van der Waals surface area contributed by atoms with E-state index >= 15 is 0 Å². The average Bonchev–Trinajstić information content (AvgIpc) is 3.37. The minimum atomic E-state index is 0. The van der Waals surface area contributed by atoms with Crippen LogP contribution in [-0.4, -0.2) is 19.1 Å². The molecule has 7 heteroatoms. The zero-order valence-electron chi connectivity index (χ0n) is 16.5. The molecule has 0 amide bonds. The Bertz CT molecular complexity index is 1180. The van der Waals surface area contributed by atoms with Crippen LogP contribution in [0.4, 0.5) is 0 Å². The van der Waals surface area contributed by atoms with Crippen molar-refractivity contribution >= 4 is 0 Å². The second-order valence-electron chi connectivity index (χ2n) is 7.48. The van der Waals surface area contributed by atoms with Crippen molar-refractivity contribution in [2.75, 3.05) is 0 Å². The van der Waals surface area contributed by atoms with Gasteiger partial charge in [0, 0.05) is 48.6 Å². The fourth-order valence-corrected chi connectivity index (χ4v) is 4.20. The first-order chi connectivity index (χ1) is 14.2. The van der Waals surface area contributed by atoms with Gasteiger partial charge in [-0.15, -0.1) is 16.7 Å². The Balaban J connectivity index is 0.00000193. The summed E-state index contributed by atoms with van der Waals surface area (Å²) in [6.45, 7) is 5.53. The summed E-state index contributed by atoms with van der Waals surface area (Å²) in [5, 5.41) is 0. The van der Waals surface area contributed by atoms with Gasteiger partial charge in [-0.25, -0.2) is 0 Å². The first-order valence-corrected chi connectivity index (χ1v) is 9.64. The van der Waals surface area contributed by atoms with Crippen LogP contribution in [0.5, 0.6) is 17.2 Å². The molecule has 2 aliphatic rings. The number of ether oxygens (including phenoxy) is 2. The van der Waals surface area contributed by atoms with Gasteiger partial charge in [0.25, 0.3) is 0 Å². The van der Waals surface area contributed by atoms with E-state index in [4.69, 9.17) is 9.47 Å². The molecule has 0 spiro atoms. The maximum atomic E-state index is 6.21. The van der Waals surface area contributed by atoms with Gasteiger partial charge >= 0.3 is 21.1 Å². The van der Waals surface area contributed by atoms with Crippen molar-refractivity contribution in [3.05, 3.63) is 65.7 Å². The minimum absolute atomic E-state index is 0. The second-order valence-corrected chi connectivity index (χ2v) is 7.48. The molecule has 0 bridgehead atoms. The monoisotopic (exact) mass is 577 g/mol. The van der Waals surface area contributed by atoms with Crippen LogP contribution in [-0.2, 0) is 40.8 Å². The van der Waals surface area contributed by atoms with Gasteiger partial charge in [-0.3, -0.25) is 9.97 Å². The van der Waals surface area contributed by atoms with E-state index in [1.165, 1.54) is 11.1 Å². The number of aromatic nitrogens is 4. The Labute approximate surface area is 188 Å². The fraction of sp³-hybridized carbons (Fsp3) is 0.217. The zero-order chi connectivity index (χ0) is 19.5. The molecule has 6 nitrogen and oxygen atoms in total. The third-order valence-electron chi connectivity index (χ3n) is 5.60. The molecule has 0 unspecified atom stereocenters. The van der Waals surface area contributed by atoms with E-state index in [0.717, 1.165) is 47.1 Å². The molecule has 6 rings (SSSR count). The second kappa shape index (κ2) is 7.13. The Kier molecular flexibility index (Phi) is 4.55. The van der Waals surface area contributed by atoms with Crippen molar-refractivity contribution < 1.29 is 30.5 Å². The van der Waals surface area contributed by atoms with Crippen LogP contribution in [0.25, 0.3) is 22.8 Å². The van der Waals surface area contributed by atoms with Crippen molar-refractivity contribution in [3.63, 3.8) is 0 Å². The normalized spacial score (nSPS) is 13.3. The van der Waals surface area contributed by atoms with Crippen molar-refractivity contribution in [3.8, 4) is 40.0 Å². The molecule has 0 fully saturated rings. The average molecular weight is 578 g/mol. The maximum absolute atomic E-state index is 6.21. The van der Waals surface area contributed by atoms with E-state index in [9.17, 15) is 0 Å². The van der Waals surface area contributed by atoms with Crippen molar-refractivity contribution in [1.82, 2.24) is 19.1 Å². The van der Waals surface area contributed by atoms with Gasteiger partial charge in [-0.1, -0.05) is 49.2 Å². The van der Waals surface area contributed by atoms with Gasteiger partial charge in [0.05, 0.1) is 11.6 Å². The molecule has 0 radical (unpaired) electrons. The van der Waals surface area contributed by atoms with E-state index in [1.807, 2.05) is 42.2 Å². The molecule has 0 saturated heterocycles. The van der Waals surface area contributed by atoms with E-state index < -0.39 is 0 Å². The van der Waals surface area contributed by atoms with Crippen molar-refractivity contribution in [2.45, 2.75) is 33.5 Å². The summed E-state index contributed by atoms with van der Waals surface area (Å²) in [7, 11) is 0. The number of hydrogen-bond donors (Lipinski definition) is 0. The van der Waals surface area contributed by atoms with Crippen LogP contribution in [0.3, 0.4) is 0 Å². The number of nitrogens with zero attached hydrogens (tertiary/aromatic N) is 4. The molecular formula is C23H18N4O2Pt. The number of rotatable bonds is 2. The number of aryl methyl sites for hydroxylation is 3. The molecule has 30 heavy (non-hydrogen) atoms. The molecule has 4 aromatic rings. The summed E-state index contributed by atoms with van der Waals surface area (Å²) in [6.07, 6.45) is 8.50. The molecule has 2 aromatic carbocycles. The predicted octanol–water partition coefficient (Wildman–Crippen LogP) is 4.33. The number of hydrogen-bond acceptors (Lipinski definition) is 4. The van der Waals surface area contributed by atoms with Gasteiger partial charge in [0.1, 0.15) is 6.73 Å². The smallest absolute Gasteiger partial charge is 0.519 e. The quantitative estimate of drug-likeness (QED) is 0.333. The van der Waals surface area contributed by atoms with Gasteiger partial charge in [0.15, 0.2) is 0 Å². The zero-order valence-corrected chi connectivity index (χ0v) is 18.8. The van der Waals surface area contributed by atoms with Crippen LogP contribution in [0.2, 0.25) is 0 Å². The number of benzene rings is 2. The van der Waals surface area contributed by atoms with Gasteiger partial charge in [-0.2, -0.15) is 0 Å². The summed E-state index contributed by atoms with van der Waals surface area (Å²) >= 11 is 0. The SMILES string of the molecule is Cc1cc(Oc2[c-]c3c(c(C)c2)OCn2ccnc2-3)[c-]c2c1CCn1ccnc1-2.[Pt+2]. The summed E-state index contributed by atoms with van der Waals surface area (Å²) in [6, 6.07) is 10.8. The molecule has 0 N–H and O–H groups in total. The third-order valence-corrected chi connectivity index (χ3v) is 5.60. The maximum Gasteiger partial charge on any atom is 2.00 e. The van der Waals surface area contributed by atoms with Crippen LogP contribution >= 0.6 is 0 Å². The molecule has 0 aliphatic carbocycles. The van der Waals surface area contributed by atoms with Crippen molar-refractivity contribution in [2.24, 2.45) is 0 Å². The fourth-order valence-electron chi connectivity index (χ4n) is 4.20.